The molecule has 1 heterocycles. The number of ether oxygens (including phenoxy) is 1. The number of aliphatic imine (C=N–C) groups is 1. The molecule has 0 amide bonds. The van der Waals surface area contributed by atoms with E-state index >= 15 is 0 Å². The zero-order chi connectivity index (χ0) is 11.5. The lowest BCUT2D eigenvalue weighted by Crippen LogP contribution is -2.14. The van der Waals surface area contributed by atoms with Crippen molar-refractivity contribution in [2.75, 3.05) is 6.61 Å². The summed E-state index contributed by atoms with van der Waals surface area (Å²) < 4.78 is 18.4. The molecular weight excluding hydrogens is 207 g/mol. The summed E-state index contributed by atoms with van der Waals surface area (Å²) in [6.07, 6.45) is 1.56. The summed E-state index contributed by atoms with van der Waals surface area (Å²) in [5.41, 5.74) is 1.46. The Morgan fingerprint density at radius 1 is 1.50 bits per heavy atom. The van der Waals surface area contributed by atoms with Gasteiger partial charge in [-0.05, 0) is 25.1 Å². The van der Waals surface area contributed by atoms with Gasteiger partial charge in [-0.25, -0.2) is 4.39 Å². The molecule has 0 N–H and O–H groups in total. The summed E-state index contributed by atoms with van der Waals surface area (Å²) in [4.78, 5) is 4.14. The van der Waals surface area contributed by atoms with Gasteiger partial charge in [-0.1, -0.05) is 0 Å². The van der Waals surface area contributed by atoms with Crippen molar-refractivity contribution in [3.05, 3.63) is 47.1 Å². The van der Waals surface area contributed by atoms with E-state index in [1.54, 1.807) is 13.1 Å². The first-order valence-electron chi connectivity index (χ1n) is 4.77. The van der Waals surface area contributed by atoms with Crippen LogP contribution in [0.5, 0.6) is 0 Å². The maximum Gasteiger partial charge on any atom is 0.130 e. The smallest absolute Gasteiger partial charge is 0.130 e. The number of hydrogen-bond donors (Lipinski definition) is 0. The number of benzene rings is 1. The number of hydrogen-bond acceptors (Lipinski definition) is 3. The van der Waals surface area contributed by atoms with E-state index in [0.29, 0.717) is 22.6 Å². The van der Waals surface area contributed by atoms with Gasteiger partial charge in [0.05, 0.1) is 23.5 Å². The van der Waals surface area contributed by atoms with Gasteiger partial charge in [-0.15, -0.1) is 0 Å². The lowest BCUT2D eigenvalue weighted by molar-refractivity contribution is 0.256. The molecule has 3 nitrogen and oxygen atoms in total. The van der Waals surface area contributed by atoms with Gasteiger partial charge in [-0.2, -0.15) is 5.26 Å². The summed E-state index contributed by atoms with van der Waals surface area (Å²) in [5, 5.41) is 8.91. The van der Waals surface area contributed by atoms with Gasteiger partial charge in [0.25, 0.3) is 0 Å². The van der Waals surface area contributed by atoms with Crippen molar-refractivity contribution in [3.63, 3.8) is 0 Å². The lowest BCUT2D eigenvalue weighted by atomic mass is 10.0. The molecule has 0 radical (unpaired) electrons. The fourth-order valence-electron chi connectivity index (χ4n) is 1.43. The Morgan fingerprint density at radius 2 is 2.31 bits per heavy atom. The molecule has 2 rings (SSSR count). The molecule has 0 unspecified atom stereocenters. The lowest BCUT2D eigenvalue weighted by Gasteiger charge is -2.13. The zero-order valence-corrected chi connectivity index (χ0v) is 8.70. The Labute approximate surface area is 92.5 Å². The summed E-state index contributed by atoms with van der Waals surface area (Å²) in [7, 11) is 0. The summed E-state index contributed by atoms with van der Waals surface area (Å²) >= 11 is 0. The van der Waals surface area contributed by atoms with Gasteiger partial charge in [0.1, 0.15) is 18.2 Å². The third-order valence-electron chi connectivity index (χ3n) is 2.25. The van der Waals surface area contributed by atoms with Crippen molar-refractivity contribution in [1.29, 1.82) is 5.26 Å². The van der Waals surface area contributed by atoms with Gasteiger partial charge >= 0.3 is 0 Å². The Hall–Kier alpha value is -2.15. The van der Waals surface area contributed by atoms with Crippen LogP contribution in [0.4, 0.5) is 4.39 Å². The van der Waals surface area contributed by atoms with E-state index in [0.717, 1.165) is 0 Å². The highest BCUT2D eigenvalue weighted by Crippen LogP contribution is 2.15. The fraction of sp³-hybridized carbons (Fsp3) is 0.167. The Kier molecular flexibility index (Phi) is 2.69. The fourth-order valence-corrected chi connectivity index (χ4v) is 1.43. The zero-order valence-electron chi connectivity index (χ0n) is 8.70. The van der Waals surface area contributed by atoms with E-state index in [4.69, 9.17) is 10.00 Å². The first-order valence-corrected chi connectivity index (χ1v) is 4.77. The Bertz CT molecular complexity index is 526. The minimum absolute atomic E-state index is 0.264. The molecule has 80 valence electrons. The average Bonchev–Trinajstić information content (AvgIpc) is 2.30. The third-order valence-corrected chi connectivity index (χ3v) is 2.25. The molecule has 0 fully saturated rings. The molecule has 4 heteroatoms. The van der Waals surface area contributed by atoms with Crippen molar-refractivity contribution in [3.8, 4) is 6.07 Å². The summed E-state index contributed by atoms with van der Waals surface area (Å²) in [5.74, 6) is 0.321. The van der Waals surface area contributed by atoms with Gasteiger partial charge in [0.15, 0.2) is 0 Å². The predicted molar refractivity (Wildman–Crippen MR) is 57.4 cm³/mol. The molecule has 0 atom stereocenters. The minimum Gasteiger partial charge on any atom is -0.490 e. The van der Waals surface area contributed by atoms with Crippen LogP contribution in [0.3, 0.4) is 0 Å². The second kappa shape index (κ2) is 4.15. The molecule has 0 saturated carbocycles. The maximum atomic E-state index is 13.1. The van der Waals surface area contributed by atoms with E-state index in [1.165, 1.54) is 18.2 Å². The molecule has 0 aliphatic carbocycles. The second-order valence-electron chi connectivity index (χ2n) is 3.41. The predicted octanol–water partition coefficient (Wildman–Crippen LogP) is 2.38. The number of nitriles is 1. The van der Waals surface area contributed by atoms with Crippen LogP contribution in [0, 0.1) is 17.1 Å². The molecule has 0 aromatic heterocycles. The average molecular weight is 216 g/mol. The van der Waals surface area contributed by atoms with Crippen molar-refractivity contribution >= 4 is 5.71 Å². The molecule has 1 aromatic carbocycles. The molecule has 0 saturated heterocycles. The van der Waals surface area contributed by atoms with E-state index in [2.05, 4.69) is 4.99 Å². The Balaban J connectivity index is 2.48. The number of allylic oxidation sites excluding steroid dienone is 1. The van der Waals surface area contributed by atoms with Crippen molar-refractivity contribution in [2.24, 2.45) is 4.99 Å². The molecule has 1 aromatic rings. The van der Waals surface area contributed by atoms with E-state index in [1.807, 2.05) is 6.07 Å². The highest BCUT2D eigenvalue weighted by Gasteiger charge is 2.13. The van der Waals surface area contributed by atoms with Gasteiger partial charge in [0, 0.05) is 5.56 Å². The highest BCUT2D eigenvalue weighted by molar-refractivity contribution is 6.04. The summed E-state index contributed by atoms with van der Waals surface area (Å²) in [6, 6.07) is 6.01. The SMILES string of the molecule is CC1=CN=C(c2cc(F)ccc2C#N)CO1. The second-order valence-corrected chi connectivity index (χ2v) is 3.41. The van der Waals surface area contributed by atoms with Crippen LogP contribution >= 0.6 is 0 Å². The Morgan fingerprint density at radius 3 is 2.94 bits per heavy atom. The van der Waals surface area contributed by atoms with Crippen LogP contribution in [-0.4, -0.2) is 12.3 Å². The van der Waals surface area contributed by atoms with Crippen LogP contribution < -0.4 is 0 Å². The molecule has 0 bridgehead atoms. The van der Waals surface area contributed by atoms with Crippen LogP contribution in [-0.2, 0) is 4.74 Å². The van der Waals surface area contributed by atoms with Crippen LogP contribution in [0.1, 0.15) is 18.1 Å². The summed E-state index contributed by atoms with van der Waals surface area (Å²) in [6.45, 7) is 2.05. The van der Waals surface area contributed by atoms with Crippen LogP contribution in [0.25, 0.3) is 0 Å². The van der Waals surface area contributed by atoms with E-state index in [9.17, 15) is 4.39 Å². The molecule has 16 heavy (non-hydrogen) atoms. The minimum atomic E-state index is -0.386. The molecule has 1 aliphatic rings. The van der Waals surface area contributed by atoms with E-state index in [-0.39, 0.29) is 12.4 Å². The van der Waals surface area contributed by atoms with Gasteiger partial charge in [-0.3, -0.25) is 4.99 Å². The van der Waals surface area contributed by atoms with Gasteiger partial charge < -0.3 is 4.74 Å². The highest BCUT2D eigenvalue weighted by atomic mass is 19.1. The van der Waals surface area contributed by atoms with Crippen LogP contribution in [0.2, 0.25) is 0 Å². The van der Waals surface area contributed by atoms with Crippen molar-refractivity contribution in [2.45, 2.75) is 6.92 Å². The normalized spacial score (nSPS) is 14.6. The first-order chi connectivity index (χ1) is 7.70. The topological polar surface area (TPSA) is 45.4 Å². The molecular formula is C12H9FN2O. The molecule has 0 spiro atoms. The maximum absolute atomic E-state index is 13.1. The third kappa shape index (κ3) is 1.94. The monoisotopic (exact) mass is 216 g/mol. The standard InChI is InChI=1S/C12H9FN2O/c1-8-6-15-12(7-16-8)11-4-10(13)3-2-9(11)5-14/h2-4,6H,7H2,1H3. The quantitative estimate of drug-likeness (QED) is 0.723. The number of rotatable bonds is 1. The largest absolute Gasteiger partial charge is 0.490 e. The number of halogens is 1. The van der Waals surface area contributed by atoms with E-state index < -0.39 is 0 Å². The number of nitrogens with zero attached hydrogens (tertiary/aromatic N) is 2. The van der Waals surface area contributed by atoms with Crippen LogP contribution in [0.15, 0.2) is 35.2 Å². The molecule has 1 aliphatic heterocycles. The van der Waals surface area contributed by atoms with Gasteiger partial charge in [0.2, 0.25) is 0 Å². The van der Waals surface area contributed by atoms with Crippen molar-refractivity contribution < 1.29 is 9.13 Å². The first kappa shape index (κ1) is 10.4. The van der Waals surface area contributed by atoms with Crippen molar-refractivity contribution in [1.82, 2.24) is 0 Å².